The van der Waals surface area contributed by atoms with Crippen LogP contribution in [0.5, 0.6) is 0 Å². The summed E-state index contributed by atoms with van der Waals surface area (Å²) in [4.78, 5) is 0. The Morgan fingerprint density at radius 2 is 1.32 bits per heavy atom. The molecule has 0 bridgehead atoms. The van der Waals surface area contributed by atoms with E-state index in [0.29, 0.717) is 0 Å². The molecule has 1 aromatic heterocycles. The average molecular weight is 527 g/mol. The minimum absolute atomic E-state index is 0.104. The molecule has 0 atom stereocenters. The van der Waals surface area contributed by atoms with Gasteiger partial charge in [-0.05, 0) is 55.1 Å². The molecule has 0 radical (unpaired) electrons. The lowest BCUT2D eigenvalue weighted by molar-refractivity contribution is -0.139. The molecule has 2 aromatic carbocycles. The molecule has 0 saturated heterocycles. The normalized spacial score (nSPS) is 12.4. The van der Waals surface area contributed by atoms with Gasteiger partial charge in [-0.1, -0.05) is 42.5 Å². The van der Waals surface area contributed by atoms with Gasteiger partial charge in [0.1, 0.15) is 5.56 Å². The molecule has 0 amide bonds. The predicted octanol–water partition coefficient (Wildman–Crippen LogP) is 7.77. The Balaban J connectivity index is 2.18. The lowest BCUT2D eigenvalue weighted by atomic mass is 10.1. The maximum Gasteiger partial charge on any atom is 0.420 e. The number of benzene rings is 2. The van der Waals surface area contributed by atoms with E-state index in [4.69, 9.17) is 0 Å². The van der Waals surface area contributed by atoms with Gasteiger partial charge < -0.3 is 4.57 Å². The summed E-state index contributed by atoms with van der Waals surface area (Å²) in [6.45, 7) is 0.104. The van der Waals surface area contributed by atoms with E-state index in [1.54, 1.807) is 30.3 Å². The molecule has 1 heterocycles. The topological polar surface area (TPSA) is 4.93 Å². The predicted molar refractivity (Wildman–Crippen MR) is 101 cm³/mol. The third kappa shape index (κ3) is 4.15. The number of nitrogens with zero attached hydrogens (tertiary/aromatic N) is 1. The van der Waals surface area contributed by atoms with Crippen molar-refractivity contribution in [2.75, 3.05) is 0 Å². The number of aromatic nitrogens is 1. The lowest BCUT2D eigenvalue weighted by Crippen LogP contribution is -2.07. The van der Waals surface area contributed by atoms with E-state index in [0.717, 1.165) is 29.8 Å². The highest BCUT2D eigenvalue weighted by atomic mass is 79.9. The van der Waals surface area contributed by atoms with Gasteiger partial charge in [0.25, 0.3) is 0 Å². The van der Waals surface area contributed by atoms with Crippen molar-refractivity contribution in [2.24, 2.45) is 0 Å². The highest BCUT2D eigenvalue weighted by Crippen LogP contribution is 2.47. The molecule has 28 heavy (non-hydrogen) atoms. The Bertz CT molecular complexity index is 973. The molecule has 3 aromatic rings. The van der Waals surface area contributed by atoms with E-state index >= 15 is 0 Å². The smallest absolute Gasteiger partial charge is 0.329 e. The van der Waals surface area contributed by atoms with Crippen LogP contribution in [0.25, 0.3) is 11.3 Å². The third-order valence-corrected chi connectivity index (χ3v) is 5.69. The van der Waals surface area contributed by atoms with Crippen LogP contribution in [-0.2, 0) is 18.9 Å². The molecule has 0 fully saturated rings. The number of hydrogen-bond donors (Lipinski definition) is 0. The van der Waals surface area contributed by atoms with Gasteiger partial charge in [0, 0.05) is 6.54 Å². The summed E-state index contributed by atoms with van der Waals surface area (Å²) in [5, 5.41) is 0. The third-order valence-electron chi connectivity index (χ3n) is 4.09. The summed E-state index contributed by atoms with van der Waals surface area (Å²) in [6, 6.07) is 12.8. The van der Waals surface area contributed by atoms with Crippen LogP contribution >= 0.6 is 31.9 Å². The quantitative estimate of drug-likeness (QED) is 0.307. The first-order chi connectivity index (χ1) is 13.0. The molecule has 0 aliphatic heterocycles. The van der Waals surface area contributed by atoms with Crippen LogP contribution < -0.4 is 0 Å². The first-order valence-corrected chi connectivity index (χ1v) is 9.45. The van der Waals surface area contributed by atoms with Gasteiger partial charge in [0.2, 0.25) is 0 Å². The number of rotatable bonds is 3. The Labute approximate surface area is 173 Å². The van der Waals surface area contributed by atoms with Crippen LogP contribution in [0.4, 0.5) is 26.3 Å². The summed E-state index contributed by atoms with van der Waals surface area (Å²) in [7, 11) is 0. The van der Waals surface area contributed by atoms with Gasteiger partial charge in [-0.2, -0.15) is 26.3 Å². The van der Waals surface area contributed by atoms with Gasteiger partial charge in [0.15, 0.2) is 0 Å². The summed E-state index contributed by atoms with van der Waals surface area (Å²) in [6.07, 6.45) is -9.18. The van der Waals surface area contributed by atoms with Gasteiger partial charge in [-0.15, -0.1) is 0 Å². The van der Waals surface area contributed by atoms with Gasteiger partial charge >= 0.3 is 12.4 Å². The summed E-state index contributed by atoms with van der Waals surface area (Å²) in [5.41, 5.74) is -0.682. The van der Waals surface area contributed by atoms with Crippen LogP contribution in [0.2, 0.25) is 0 Å². The van der Waals surface area contributed by atoms with E-state index in [2.05, 4.69) is 31.9 Å². The van der Waals surface area contributed by atoms with Crippen LogP contribution in [0.3, 0.4) is 0 Å². The van der Waals surface area contributed by atoms with Crippen molar-refractivity contribution in [1.82, 2.24) is 4.57 Å². The molecule has 3 rings (SSSR count). The Morgan fingerprint density at radius 1 is 0.750 bits per heavy atom. The molecule has 0 aliphatic carbocycles. The van der Waals surface area contributed by atoms with Crippen molar-refractivity contribution in [1.29, 1.82) is 0 Å². The molecule has 0 N–H and O–H groups in total. The van der Waals surface area contributed by atoms with Gasteiger partial charge in [0.05, 0.1) is 20.3 Å². The first-order valence-electron chi connectivity index (χ1n) is 7.86. The molecule has 0 spiro atoms. The van der Waals surface area contributed by atoms with Gasteiger partial charge in [-0.3, -0.25) is 0 Å². The fourth-order valence-corrected chi connectivity index (χ4v) is 4.66. The Hall–Kier alpha value is -1.74. The van der Waals surface area contributed by atoms with E-state index in [1.165, 1.54) is 4.57 Å². The second-order valence-electron chi connectivity index (χ2n) is 5.97. The van der Waals surface area contributed by atoms with Crippen LogP contribution in [-0.4, -0.2) is 4.57 Å². The SMILES string of the molecule is FC(F)(F)c1ccc(-c2c(Br)c(C(F)(F)F)c(Br)n2Cc2ccccc2)cc1. The molecule has 9 heteroatoms. The van der Waals surface area contributed by atoms with Crippen LogP contribution in [0.15, 0.2) is 63.7 Å². The van der Waals surface area contributed by atoms with Crippen molar-refractivity contribution < 1.29 is 26.3 Å². The number of alkyl halides is 6. The van der Waals surface area contributed by atoms with Crippen molar-refractivity contribution in [3.05, 3.63) is 80.4 Å². The van der Waals surface area contributed by atoms with E-state index in [1.807, 2.05) is 0 Å². The molecule has 0 aliphatic rings. The number of halogens is 8. The second-order valence-corrected chi connectivity index (χ2v) is 7.52. The summed E-state index contributed by atoms with van der Waals surface area (Å²) >= 11 is 6.03. The van der Waals surface area contributed by atoms with Crippen LogP contribution in [0.1, 0.15) is 16.7 Å². The molecule has 0 unspecified atom stereocenters. The van der Waals surface area contributed by atoms with E-state index in [9.17, 15) is 26.3 Å². The molecular weight excluding hydrogens is 516 g/mol. The standard InChI is InChI=1S/C19H11Br2F6N/c20-15-14(19(25,26)27)17(21)28(10-11-4-2-1-3-5-11)16(15)12-6-8-13(9-7-12)18(22,23)24/h1-9H,10H2. The highest BCUT2D eigenvalue weighted by molar-refractivity contribution is 9.11. The minimum Gasteiger partial charge on any atom is -0.329 e. The maximum atomic E-state index is 13.6. The fraction of sp³-hybridized carbons (Fsp3) is 0.158. The van der Waals surface area contributed by atoms with Crippen molar-refractivity contribution >= 4 is 31.9 Å². The highest BCUT2D eigenvalue weighted by Gasteiger charge is 2.40. The van der Waals surface area contributed by atoms with Crippen molar-refractivity contribution in [2.45, 2.75) is 18.9 Å². The van der Waals surface area contributed by atoms with Crippen molar-refractivity contribution in [3.8, 4) is 11.3 Å². The first kappa shape index (κ1) is 21.0. The lowest BCUT2D eigenvalue weighted by Gasteiger charge is -2.13. The zero-order valence-electron chi connectivity index (χ0n) is 13.9. The minimum atomic E-state index is -4.65. The van der Waals surface area contributed by atoms with E-state index < -0.39 is 23.5 Å². The van der Waals surface area contributed by atoms with Crippen molar-refractivity contribution in [3.63, 3.8) is 0 Å². The average Bonchev–Trinajstić information content (AvgIpc) is 2.85. The monoisotopic (exact) mass is 525 g/mol. The van der Waals surface area contributed by atoms with Crippen LogP contribution in [0, 0.1) is 0 Å². The second kappa shape index (κ2) is 7.59. The Morgan fingerprint density at radius 3 is 1.82 bits per heavy atom. The molecule has 1 nitrogen and oxygen atoms in total. The number of hydrogen-bond acceptors (Lipinski definition) is 0. The fourth-order valence-electron chi connectivity index (χ4n) is 2.82. The Kier molecular flexibility index (Phi) is 5.69. The van der Waals surface area contributed by atoms with Gasteiger partial charge in [-0.25, -0.2) is 0 Å². The zero-order chi connectivity index (χ0) is 20.7. The molecule has 0 saturated carbocycles. The van der Waals surface area contributed by atoms with E-state index in [-0.39, 0.29) is 26.9 Å². The summed E-state index contributed by atoms with van der Waals surface area (Å²) in [5.74, 6) is 0. The molecular formula is C19H11Br2F6N. The largest absolute Gasteiger partial charge is 0.420 e. The summed E-state index contributed by atoms with van der Waals surface area (Å²) < 4.78 is 80.1. The molecule has 148 valence electrons. The maximum absolute atomic E-state index is 13.6. The zero-order valence-corrected chi connectivity index (χ0v) is 17.0.